The third-order valence-corrected chi connectivity index (χ3v) is 14.1. The Morgan fingerprint density at radius 1 is 0.476 bits per heavy atom. The van der Waals surface area contributed by atoms with E-state index in [1.165, 1.54) is 160 Å². The van der Waals surface area contributed by atoms with Crippen LogP contribution >= 0.6 is 45.3 Å². The summed E-state index contributed by atoms with van der Waals surface area (Å²) in [6.07, 6.45) is 30.8. The van der Waals surface area contributed by atoms with Gasteiger partial charge in [0.25, 0.3) is 0 Å². The van der Waals surface area contributed by atoms with Gasteiger partial charge in [-0.05, 0) is 62.8 Å². The Balaban J connectivity index is 1.35. The molecule has 4 heterocycles. The first kappa shape index (κ1) is 34.2. The second kappa shape index (κ2) is 19.0. The molecule has 0 amide bonds. The molecule has 4 aromatic rings. The normalized spacial score (nSPS) is 12.0. The van der Waals surface area contributed by atoms with Crippen molar-refractivity contribution in [2.75, 3.05) is 0 Å². The third kappa shape index (κ3) is 10.2. The molecule has 0 aliphatic rings. The number of aryl methyl sites for hydroxylation is 4. The maximum absolute atomic E-state index is 2.50. The molecule has 0 aromatic carbocycles. The van der Waals surface area contributed by atoms with Crippen molar-refractivity contribution in [1.82, 2.24) is 0 Å². The summed E-state index contributed by atoms with van der Waals surface area (Å²) in [5, 5.41) is 1.46. The lowest BCUT2D eigenvalue weighted by Crippen LogP contribution is -1.87. The van der Waals surface area contributed by atoms with E-state index in [2.05, 4.69) is 62.5 Å². The van der Waals surface area contributed by atoms with Crippen molar-refractivity contribution in [2.45, 2.75) is 169 Å². The molecular weight excluding hydrogens is 585 g/mol. The van der Waals surface area contributed by atoms with E-state index in [1.807, 2.05) is 22.7 Å². The summed E-state index contributed by atoms with van der Waals surface area (Å²) in [7, 11) is 0. The van der Waals surface area contributed by atoms with Crippen molar-refractivity contribution < 1.29 is 0 Å². The number of hydrogen-bond acceptors (Lipinski definition) is 4. The number of unbranched alkanes of at least 4 members (excludes halogenated alkanes) is 18. The van der Waals surface area contributed by atoms with E-state index < -0.39 is 0 Å². The van der Waals surface area contributed by atoms with Crippen molar-refractivity contribution in [3.63, 3.8) is 0 Å². The van der Waals surface area contributed by atoms with Crippen LogP contribution < -0.4 is 0 Å². The fourth-order valence-corrected chi connectivity index (χ4v) is 12.0. The Labute approximate surface area is 274 Å². The molecule has 0 spiro atoms. The lowest BCUT2D eigenvalue weighted by Gasteiger charge is -2.05. The molecule has 0 unspecified atom stereocenters. The first-order chi connectivity index (χ1) is 20.6. The van der Waals surface area contributed by atoms with Crippen molar-refractivity contribution in [3.05, 3.63) is 33.0 Å². The van der Waals surface area contributed by atoms with E-state index in [0.717, 1.165) is 0 Å². The maximum Gasteiger partial charge on any atom is 0.0874 e. The summed E-state index contributed by atoms with van der Waals surface area (Å²) in [5.41, 5.74) is 3.37. The lowest BCUT2D eigenvalue weighted by atomic mass is 10.0. The molecule has 0 fully saturated rings. The summed E-state index contributed by atoms with van der Waals surface area (Å²) >= 11 is 8.26. The minimum absolute atomic E-state index is 1.26. The standard InChI is InChI=1S/C38H58S4/c1-5-7-9-11-13-15-17-19-21-23-25-32-30(4)40-37-33(26-24-22-20-18-16-14-12-10-8-6-2)35(42-36(32)37)34-28-31-27-29(3)39-38(31)41-34/h27-28H,5-26H2,1-4H3. The van der Waals surface area contributed by atoms with Crippen LogP contribution in [0.2, 0.25) is 0 Å². The second-order valence-corrected chi connectivity index (χ2v) is 17.6. The number of fused-ring (bicyclic) bond motifs is 2. The van der Waals surface area contributed by atoms with Crippen molar-refractivity contribution >= 4 is 64.1 Å². The van der Waals surface area contributed by atoms with Crippen LogP contribution in [0.5, 0.6) is 0 Å². The van der Waals surface area contributed by atoms with Gasteiger partial charge in [0.1, 0.15) is 0 Å². The number of hydrogen-bond donors (Lipinski definition) is 0. The maximum atomic E-state index is 2.50. The van der Waals surface area contributed by atoms with E-state index in [0.29, 0.717) is 0 Å². The average Bonchev–Trinajstić information content (AvgIpc) is 3.70. The summed E-state index contributed by atoms with van der Waals surface area (Å²) in [6.45, 7) is 9.27. The lowest BCUT2D eigenvalue weighted by molar-refractivity contribution is 0.556. The fourth-order valence-electron chi connectivity index (χ4n) is 6.50. The molecule has 42 heavy (non-hydrogen) atoms. The molecule has 0 radical (unpaired) electrons. The molecule has 234 valence electrons. The highest BCUT2D eigenvalue weighted by Crippen LogP contribution is 2.49. The smallest absolute Gasteiger partial charge is 0.0874 e. The van der Waals surface area contributed by atoms with Crippen LogP contribution in [0.15, 0.2) is 12.1 Å². The fraction of sp³-hybridized carbons (Fsp3) is 0.684. The molecule has 4 rings (SSSR count). The molecule has 0 aliphatic carbocycles. The minimum atomic E-state index is 1.26. The molecule has 0 bridgehead atoms. The first-order valence-electron chi connectivity index (χ1n) is 17.7. The Morgan fingerprint density at radius 3 is 1.48 bits per heavy atom. The summed E-state index contributed by atoms with van der Waals surface area (Å²) in [6, 6.07) is 4.88. The zero-order valence-corrected chi connectivity index (χ0v) is 30.6. The topological polar surface area (TPSA) is 0 Å². The summed E-state index contributed by atoms with van der Waals surface area (Å²) < 4.78 is 4.78. The molecule has 0 nitrogen and oxygen atoms in total. The van der Waals surface area contributed by atoms with Gasteiger partial charge in [0.15, 0.2) is 0 Å². The van der Waals surface area contributed by atoms with Crippen LogP contribution in [0.3, 0.4) is 0 Å². The van der Waals surface area contributed by atoms with Gasteiger partial charge in [-0.25, -0.2) is 0 Å². The van der Waals surface area contributed by atoms with Crippen LogP contribution in [-0.4, -0.2) is 0 Å². The molecule has 0 N–H and O–H groups in total. The molecular formula is C38H58S4. The van der Waals surface area contributed by atoms with Crippen LogP contribution in [0.1, 0.15) is 163 Å². The highest BCUT2D eigenvalue weighted by molar-refractivity contribution is 7.41. The second-order valence-electron chi connectivity index (χ2n) is 12.8. The predicted molar refractivity (Wildman–Crippen MR) is 199 cm³/mol. The molecule has 4 aromatic heterocycles. The first-order valence-corrected chi connectivity index (χ1v) is 20.9. The Morgan fingerprint density at radius 2 is 0.952 bits per heavy atom. The number of rotatable bonds is 23. The van der Waals surface area contributed by atoms with Crippen molar-refractivity contribution in [1.29, 1.82) is 0 Å². The van der Waals surface area contributed by atoms with E-state index >= 15 is 0 Å². The zero-order chi connectivity index (χ0) is 29.6. The van der Waals surface area contributed by atoms with Gasteiger partial charge in [0.2, 0.25) is 0 Å². The van der Waals surface area contributed by atoms with Crippen molar-refractivity contribution in [3.8, 4) is 9.75 Å². The third-order valence-electron chi connectivity index (χ3n) is 9.03. The van der Waals surface area contributed by atoms with Gasteiger partial charge in [0.05, 0.1) is 4.01 Å². The van der Waals surface area contributed by atoms with Gasteiger partial charge in [0, 0.05) is 34.3 Å². The molecule has 4 heteroatoms. The molecule has 0 saturated heterocycles. The predicted octanol–water partition coefficient (Wildman–Crippen LogP) is 15.4. The minimum Gasteiger partial charge on any atom is -0.139 e. The average molecular weight is 643 g/mol. The van der Waals surface area contributed by atoms with Crippen LogP contribution in [0.25, 0.3) is 28.6 Å². The van der Waals surface area contributed by atoms with Gasteiger partial charge < -0.3 is 0 Å². The van der Waals surface area contributed by atoms with Gasteiger partial charge in [-0.2, -0.15) is 0 Å². The van der Waals surface area contributed by atoms with E-state index in [9.17, 15) is 0 Å². The SMILES string of the molecule is CCCCCCCCCCCCc1c(C)sc2c(CCCCCCCCCCCC)c(-c3cc4cc(C)sc4s3)sc12. The Kier molecular flexibility index (Phi) is 15.4. The number of thiophene rings is 4. The van der Waals surface area contributed by atoms with E-state index in [-0.39, 0.29) is 0 Å². The Bertz CT molecular complexity index is 1260. The van der Waals surface area contributed by atoms with Crippen LogP contribution in [-0.2, 0) is 12.8 Å². The molecule has 0 aliphatic heterocycles. The molecule has 0 saturated carbocycles. The summed E-state index contributed by atoms with van der Waals surface area (Å²) in [5.74, 6) is 0. The monoisotopic (exact) mass is 642 g/mol. The van der Waals surface area contributed by atoms with Crippen LogP contribution in [0.4, 0.5) is 0 Å². The summed E-state index contributed by atoms with van der Waals surface area (Å²) in [4.78, 5) is 6.15. The van der Waals surface area contributed by atoms with Gasteiger partial charge in [-0.1, -0.05) is 129 Å². The highest BCUT2D eigenvalue weighted by atomic mass is 32.2. The van der Waals surface area contributed by atoms with E-state index in [4.69, 9.17) is 0 Å². The van der Waals surface area contributed by atoms with Gasteiger partial charge in [-0.15, -0.1) is 45.3 Å². The van der Waals surface area contributed by atoms with Gasteiger partial charge >= 0.3 is 0 Å². The largest absolute Gasteiger partial charge is 0.139 e. The molecule has 0 atom stereocenters. The highest BCUT2D eigenvalue weighted by Gasteiger charge is 2.21. The zero-order valence-electron chi connectivity index (χ0n) is 27.3. The van der Waals surface area contributed by atoms with E-state index in [1.54, 1.807) is 30.3 Å². The Hall–Kier alpha value is -0.680. The van der Waals surface area contributed by atoms with Gasteiger partial charge in [-0.3, -0.25) is 0 Å². The quantitative estimate of drug-likeness (QED) is 0.0706. The van der Waals surface area contributed by atoms with Crippen LogP contribution in [0, 0.1) is 13.8 Å². The van der Waals surface area contributed by atoms with Crippen molar-refractivity contribution in [2.24, 2.45) is 0 Å².